The summed E-state index contributed by atoms with van der Waals surface area (Å²) in [6, 6.07) is 4.20. The second-order valence-electron chi connectivity index (χ2n) is 17.4. The Morgan fingerprint density at radius 3 is 2.10 bits per heavy atom. The van der Waals surface area contributed by atoms with Crippen LogP contribution in [0.1, 0.15) is 77.7 Å². The fraction of sp³-hybridized carbons (Fsp3) is 0.578. The second-order valence-corrected chi connectivity index (χ2v) is 17.4. The first kappa shape index (κ1) is 45.0. The second kappa shape index (κ2) is 19.2. The van der Waals surface area contributed by atoms with Crippen LogP contribution < -0.4 is 21.3 Å². The highest BCUT2D eigenvalue weighted by molar-refractivity contribution is 5.93. The lowest BCUT2D eigenvalue weighted by atomic mass is 9.83. The smallest absolute Gasteiger partial charge is 0.245 e. The number of likely N-dealkylation sites (N-methyl/N-ethyl adjacent to an activating group) is 2. The molecule has 5 N–H and O–H groups in total. The highest BCUT2D eigenvalue weighted by Gasteiger charge is 2.43. The highest BCUT2D eigenvalue weighted by atomic mass is 19.1. The van der Waals surface area contributed by atoms with E-state index in [1.165, 1.54) is 34.1 Å². The first-order valence-corrected chi connectivity index (χ1v) is 22.0. The summed E-state index contributed by atoms with van der Waals surface area (Å²) in [6.07, 6.45) is 2.13. The summed E-state index contributed by atoms with van der Waals surface area (Å²) < 4.78 is 62.6. The zero-order valence-corrected chi connectivity index (χ0v) is 36.1. The van der Waals surface area contributed by atoms with Crippen molar-refractivity contribution in [1.82, 2.24) is 45.6 Å². The molecule has 336 valence electrons. The average Bonchev–Trinajstić information content (AvgIpc) is 4.03. The Morgan fingerprint density at radius 2 is 1.44 bits per heavy atom. The maximum Gasteiger partial charge on any atom is 0.245 e. The molecule has 1 aliphatic carbocycles. The van der Waals surface area contributed by atoms with Crippen LogP contribution in [-0.4, -0.2) is 124 Å². The molecule has 1 saturated carbocycles. The van der Waals surface area contributed by atoms with Gasteiger partial charge in [-0.3, -0.25) is 19.2 Å². The minimum Gasteiger partial charge on any atom is -0.352 e. The summed E-state index contributed by atoms with van der Waals surface area (Å²) in [6.45, 7) is 4.86. The van der Waals surface area contributed by atoms with E-state index in [1.54, 1.807) is 51.6 Å². The van der Waals surface area contributed by atoms with Crippen LogP contribution in [0.25, 0.3) is 33.5 Å². The molecule has 2 aromatic heterocycles. The number of amides is 4. The van der Waals surface area contributed by atoms with Gasteiger partial charge >= 0.3 is 0 Å². The number of nitrogens with one attached hydrogen (secondary N) is 5. The van der Waals surface area contributed by atoms with E-state index in [-0.39, 0.29) is 74.5 Å². The monoisotopic (exact) mass is 865 g/mol. The van der Waals surface area contributed by atoms with E-state index in [1.807, 2.05) is 0 Å². The standard InChI is InChI=1S/C45H59F4N9O4/c1-6-35(54-42(59)24(2)50-4)44(61)56-21-29(48)16-31(56)20-34-33-14-12-27(46)18-36(33)52-40(34)41-53-37-19-28(47)13-15-38(37)58(41)23-32-17-30(49)22-57(32)45(62)39(26-10-8-7-9-11-26)55-43(60)25(3)51-5/h12-15,18-19,24-26,29-32,35,39,50-52H,6-11,16-17,20-23H2,1-5H3,(H,54,59)(H,55,60). The zero-order chi connectivity index (χ0) is 44.4. The number of hydrogen-bond donors (Lipinski definition) is 5. The van der Waals surface area contributed by atoms with Gasteiger partial charge < -0.3 is 40.6 Å². The molecule has 3 fully saturated rings. The Balaban J connectivity index is 1.27. The van der Waals surface area contributed by atoms with Gasteiger partial charge in [0.05, 0.1) is 47.9 Å². The maximum atomic E-state index is 15.7. The summed E-state index contributed by atoms with van der Waals surface area (Å²) in [5.41, 5.74) is 2.23. The van der Waals surface area contributed by atoms with Crippen molar-refractivity contribution in [2.45, 2.75) is 134 Å². The van der Waals surface area contributed by atoms with Crippen molar-refractivity contribution in [2.24, 2.45) is 5.92 Å². The molecule has 3 aliphatic rings. The lowest BCUT2D eigenvalue weighted by molar-refractivity contribution is -0.139. The molecule has 17 heteroatoms. The summed E-state index contributed by atoms with van der Waals surface area (Å²) in [5.74, 6) is -2.31. The summed E-state index contributed by atoms with van der Waals surface area (Å²) in [4.78, 5) is 66.0. The molecule has 2 aromatic carbocycles. The first-order chi connectivity index (χ1) is 29.7. The number of H-pyrrole nitrogens is 1. The molecule has 62 heavy (non-hydrogen) atoms. The van der Waals surface area contributed by atoms with Crippen molar-refractivity contribution in [2.75, 3.05) is 27.2 Å². The quantitative estimate of drug-likeness (QED) is 0.105. The summed E-state index contributed by atoms with van der Waals surface area (Å²) in [7, 11) is 3.30. The van der Waals surface area contributed by atoms with Crippen LogP contribution in [0.5, 0.6) is 0 Å². The van der Waals surface area contributed by atoms with Crippen molar-refractivity contribution < 1.29 is 36.7 Å². The summed E-state index contributed by atoms with van der Waals surface area (Å²) in [5, 5.41) is 12.2. The number of hydrogen-bond acceptors (Lipinski definition) is 7. The highest BCUT2D eigenvalue weighted by Crippen LogP contribution is 2.38. The largest absolute Gasteiger partial charge is 0.352 e. The van der Waals surface area contributed by atoms with Gasteiger partial charge in [0.25, 0.3) is 0 Å². The number of imidazole rings is 1. The third-order valence-corrected chi connectivity index (χ3v) is 13.3. The van der Waals surface area contributed by atoms with Gasteiger partial charge in [-0.05, 0) is 95.4 Å². The minimum atomic E-state index is -1.34. The maximum absolute atomic E-state index is 15.7. The molecule has 4 amide bonds. The van der Waals surface area contributed by atoms with Gasteiger partial charge in [-0.2, -0.15) is 0 Å². The molecule has 0 bridgehead atoms. The minimum absolute atomic E-state index is 0.00827. The molecule has 8 atom stereocenters. The van der Waals surface area contributed by atoms with Gasteiger partial charge in [0.1, 0.15) is 36.1 Å². The number of rotatable bonds is 15. The van der Waals surface area contributed by atoms with Crippen molar-refractivity contribution in [1.29, 1.82) is 0 Å². The molecule has 13 nitrogen and oxygen atoms in total. The number of aromatic nitrogens is 3. The van der Waals surface area contributed by atoms with Crippen LogP contribution in [-0.2, 0) is 32.1 Å². The molecule has 2 aliphatic heterocycles. The van der Waals surface area contributed by atoms with Crippen LogP contribution in [0.2, 0.25) is 0 Å². The molecule has 4 heterocycles. The Hall–Kier alpha value is -5.03. The van der Waals surface area contributed by atoms with E-state index < -0.39 is 66.1 Å². The predicted molar refractivity (Wildman–Crippen MR) is 228 cm³/mol. The fourth-order valence-electron chi connectivity index (χ4n) is 9.58. The first-order valence-electron chi connectivity index (χ1n) is 22.0. The van der Waals surface area contributed by atoms with Gasteiger partial charge in [-0.15, -0.1) is 0 Å². The Morgan fingerprint density at radius 1 is 0.823 bits per heavy atom. The molecular formula is C45H59F4N9O4. The number of benzene rings is 2. The number of carbonyl (C=O) groups excluding carboxylic acids is 4. The number of halogens is 4. The van der Waals surface area contributed by atoms with Crippen LogP contribution in [0, 0.1) is 17.6 Å². The third kappa shape index (κ3) is 9.33. The molecular weight excluding hydrogens is 807 g/mol. The number of likely N-dealkylation sites (tertiary alicyclic amines) is 2. The Labute approximate surface area is 359 Å². The normalized spacial score (nSPS) is 22.9. The molecule has 7 rings (SSSR count). The molecule has 0 spiro atoms. The number of nitrogens with zero attached hydrogens (tertiary/aromatic N) is 4. The van der Waals surface area contributed by atoms with Crippen LogP contribution in [0.3, 0.4) is 0 Å². The van der Waals surface area contributed by atoms with Crippen LogP contribution in [0.15, 0.2) is 36.4 Å². The molecule has 0 radical (unpaired) electrons. The third-order valence-electron chi connectivity index (χ3n) is 13.3. The number of carbonyl (C=O) groups is 4. The van der Waals surface area contributed by atoms with Gasteiger partial charge in [-0.25, -0.2) is 22.5 Å². The SMILES string of the molecule is CCC(NC(=O)C(C)NC)C(=O)N1CC(F)CC1Cc1c(-c2nc3cc(F)ccc3n2CC2CC(F)CN2C(=O)C(NC(=O)C(C)NC)C2CCCCC2)[nH]c2cc(F)ccc12. The number of fused-ring (bicyclic) bond motifs is 2. The van der Waals surface area contributed by atoms with Crippen LogP contribution >= 0.6 is 0 Å². The van der Waals surface area contributed by atoms with E-state index in [4.69, 9.17) is 4.98 Å². The lowest BCUT2D eigenvalue weighted by Crippen LogP contribution is -2.57. The van der Waals surface area contributed by atoms with Crippen LogP contribution in [0.4, 0.5) is 17.6 Å². The molecule has 8 unspecified atom stereocenters. The van der Waals surface area contributed by atoms with E-state index in [2.05, 4.69) is 26.3 Å². The number of alkyl halides is 2. The van der Waals surface area contributed by atoms with Crippen molar-refractivity contribution in [3.8, 4) is 11.5 Å². The van der Waals surface area contributed by atoms with E-state index in [9.17, 15) is 28.0 Å². The fourth-order valence-corrected chi connectivity index (χ4v) is 9.58. The van der Waals surface area contributed by atoms with Gasteiger partial charge in [0, 0.05) is 42.4 Å². The predicted octanol–water partition coefficient (Wildman–Crippen LogP) is 5.06. The Kier molecular flexibility index (Phi) is 13.9. The Bertz CT molecular complexity index is 2280. The average molecular weight is 866 g/mol. The molecule has 4 aromatic rings. The van der Waals surface area contributed by atoms with Gasteiger partial charge in [0.2, 0.25) is 23.6 Å². The number of aromatic amines is 1. The van der Waals surface area contributed by atoms with Crippen molar-refractivity contribution in [3.63, 3.8) is 0 Å². The van der Waals surface area contributed by atoms with Gasteiger partial charge in [-0.1, -0.05) is 26.2 Å². The summed E-state index contributed by atoms with van der Waals surface area (Å²) >= 11 is 0. The van der Waals surface area contributed by atoms with E-state index >= 15 is 8.78 Å². The topological polar surface area (TPSA) is 156 Å². The van der Waals surface area contributed by atoms with Gasteiger partial charge in [0.15, 0.2) is 5.82 Å². The molecule has 2 saturated heterocycles. The lowest BCUT2D eigenvalue weighted by Gasteiger charge is -2.35. The van der Waals surface area contributed by atoms with Crippen molar-refractivity contribution >= 4 is 45.6 Å². The van der Waals surface area contributed by atoms with Crippen molar-refractivity contribution in [3.05, 3.63) is 53.6 Å². The zero-order valence-electron chi connectivity index (χ0n) is 36.1. The van der Waals surface area contributed by atoms with E-state index in [0.29, 0.717) is 33.5 Å². The van der Waals surface area contributed by atoms with E-state index in [0.717, 1.165) is 32.1 Å².